The van der Waals surface area contributed by atoms with Crippen molar-refractivity contribution in [3.05, 3.63) is 29.6 Å². The van der Waals surface area contributed by atoms with Crippen LogP contribution in [-0.4, -0.2) is 28.8 Å². The summed E-state index contributed by atoms with van der Waals surface area (Å²) in [5, 5.41) is 8.15. The first-order valence-corrected chi connectivity index (χ1v) is 5.53. The molecule has 1 saturated heterocycles. The summed E-state index contributed by atoms with van der Waals surface area (Å²) in [7, 11) is 0. The maximum atomic E-state index is 8.15. The molecule has 0 saturated carbocycles. The summed E-state index contributed by atoms with van der Waals surface area (Å²) in [6, 6.07) is 1.97. The van der Waals surface area contributed by atoms with Gasteiger partial charge < -0.3 is 4.90 Å². The molecular formula is C12H17N3. The summed E-state index contributed by atoms with van der Waals surface area (Å²) in [6.45, 7) is 4.08. The zero-order valence-electron chi connectivity index (χ0n) is 9.16. The highest BCUT2D eigenvalue weighted by molar-refractivity contribution is 5.97. The third-order valence-electron chi connectivity index (χ3n) is 2.97. The standard InChI is InChI=1S/C12H17N3/c1-10-5-6-14-9-11(10)12(13)15-7-3-2-4-8-15/h5-6,9,13H,2-4,7-8H2,1H3. The van der Waals surface area contributed by atoms with E-state index in [0.717, 1.165) is 24.2 Å². The van der Waals surface area contributed by atoms with E-state index >= 15 is 0 Å². The lowest BCUT2D eigenvalue weighted by Gasteiger charge is -2.29. The Hall–Kier alpha value is -1.38. The van der Waals surface area contributed by atoms with Crippen molar-refractivity contribution in [1.29, 1.82) is 5.41 Å². The predicted octanol–water partition coefficient (Wildman–Crippen LogP) is 2.20. The number of nitrogens with one attached hydrogen (secondary N) is 1. The molecule has 0 aliphatic carbocycles. The second kappa shape index (κ2) is 4.43. The largest absolute Gasteiger partial charge is 0.357 e. The minimum atomic E-state index is 0.639. The van der Waals surface area contributed by atoms with Gasteiger partial charge in [0.1, 0.15) is 5.84 Å². The molecule has 0 unspecified atom stereocenters. The number of nitrogens with zero attached hydrogens (tertiary/aromatic N) is 2. The van der Waals surface area contributed by atoms with E-state index in [-0.39, 0.29) is 0 Å². The minimum absolute atomic E-state index is 0.639. The Labute approximate surface area is 90.6 Å². The van der Waals surface area contributed by atoms with Crippen LogP contribution in [0.15, 0.2) is 18.5 Å². The second-order valence-corrected chi connectivity index (χ2v) is 4.09. The predicted molar refractivity (Wildman–Crippen MR) is 61.2 cm³/mol. The molecule has 0 spiro atoms. The van der Waals surface area contributed by atoms with Crippen LogP contribution >= 0.6 is 0 Å². The Balaban J connectivity index is 2.16. The van der Waals surface area contributed by atoms with Gasteiger partial charge in [0.15, 0.2) is 0 Å². The number of aromatic nitrogens is 1. The fourth-order valence-corrected chi connectivity index (χ4v) is 2.00. The lowest BCUT2D eigenvalue weighted by atomic mass is 10.1. The molecule has 1 aliphatic rings. The summed E-state index contributed by atoms with van der Waals surface area (Å²) < 4.78 is 0. The quantitative estimate of drug-likeness (QED) is 0.561. The van der Waals surface area contributed by atoms with Crippen LogP contribution < -0.4 is 0 Å². The fourth-order valence-electron chi connectivity index (χ4n) is 2.00. The van der Waals surface area contributed by atoms with Gasteiger partial charge in [0.2, 0.25) is 0 Å². The molecule has 0 bridgehead atoms. The van der Waals surface area contributed by atoms with Crippen molar-refractivity contribution in [2.24, 2.45) is 0 Å². The van der Waals surface area contributed by atoms with Crippen molar-refractivity contribution in [3.8, 4) is 0 Å². The lowest BCUT2D eigenvalue weighted by molar-refractivity contribution is 0.341. The van der Waals surface area contributed by atoms with Gasteiger partial charge in [0, 0.05) is 31.0 Å². The number of hydrogen-bond donors (Lipinski definition) is 1. The van der Waals surface area contributed by atoms with Crippen molar-refractivity contribution < 1.29 is 0 Å². The topological polar surface area (TPSA) is 40.0 Å². The summed E-state index contributed by atoms with van der Waals surface area (Å²) >= 11 is 0. The normalized spacial score (nSPS) is 16.5. The average Bonchev–Trinajstić information content (AvgIpc) is 2.30. The first-order valence-electron chi connectivity index (χ1n) is 5.53. The molecule has 0 radical (unpaired) electrons. The van der Waals surface area contributed by atoms with Gasteiger partial charge in [-0.1, -0.05) is 0 Å². The van der Waals surface area contributed by atoms with E-state index in [1.165, 1.54) is 19.3 Å². The molecule has 1 aromatic heterocycles. The van der Waals surface area contributed by atoms with Crippen molar-refractivity contribution in [2.75, 3.05) is 13.1 Å². The van der Waals surface area contributed by atoms with Crippen LogP contribution in [0.25, 0.3) is 0 Å². The SMILES string of the molecule is Cc1ccncc1C(=N)N1CCCCC1. The first kappa shape index (κ1) is 10.1. The third kappa shape index (κ3) is 2.17. The van der Waals surface area contributed by atoms with Crippen molar-refractivity contribution in [2.45, 2.75) is 26.2 Å². The van der Waals surface area contributed by atoms with Crippen LogP contribution in [0.2, 0.25) is 0 Å². The maximum Gasteiger partial charge on any atom is 0.129 e. The van der Waals surface area contributed by atoms with E-state index in [2.05, 4.69) is 9.88 Å². The molecular weight excluding hydrogens is 186 g/mol. The van der Waals surface area contributed by atoms with Crippen LogP contribution in [0.4, 0.5) is 0 Å². The molecule has 1 aromatic rings. The number of piperidine rings is 1. The zero-order valence-corrected chi connectivity index (χ0v) is 9.16. The van der Waals surface area contributed by atoms with Gasteiger partial charge in [-0.3, -0.25) is 10.4 Å². The molecule has 2 heterocycles. The summed E-state index contributed by atoms with van der Waals surface area (Å²) in [5.41, 5.74) is 2.11. The number of rotatable bonds is 1. The van der Waals surface area contributed by atoms with Crippen molar-refractivity contribution in [3.63, 3.8) is 0 Å². The van der Waals surface area contributed by atoms with Gasteiger partial charge in [0.25, 0.3) is 0 Å². The molecule has 15 heavy (non-hydrogen) atoms. The van der Waals surface area contributed by atoms with E-state index < -0.39 is 0 Å². The molecule has 80 valence electrons. The van der Waals surface area contributed by atoms with Gasteiger partial charge >= 0.3 is 0 Å². The van der Waals surface area contributed by atoms with Crippen molar-refractivity contribution in [1.82, 2.24) is 9.88 Å². The van der Waals surface area contributed by atoms with Gasteiger partial charge in [-0.15, -0.1) is 0 Å². The highest BCUT2D eigenvalue weighted by atomic mass is 15.2. The highest BCUT2D eigenvalue weighted by Gasteiger charge is 2.16. The van der Waals surface area contributed by atoms with Crippen LogP contribution in [-0.2, 0) is 0 Å². The summed E-state index contributed by atoms with van der Waals surface area (Å²) in [6.07, 6.45) is 7.30. The summed E-state index contributed by atoms with van der Waals surface area (Å²) in [4.78, 5) is 6.25. The Morgan fingerprint density at radius 2 is 2.07 bits per heavy atom. The van der Waals surface area contributed by atoms with Crippen LogP contribution in [0.5, 0.6) is 0 Å². The van der Waals surface area contributed by atoms with E-state index in [4.69, 9.17) is 5.41 Å². The second-order valence-electron chi connectivity index (χ2n) is 4.09. The van der Waals surface area contributed by atoms with E-state index in [0.29, 0.717) is 5.84 Å². The van der Waals surface area contributed by atoms with E-state index in [1.807, 2.05) is 13.0 Å². The molecule has 3 heteroatoms. The number of aryl methyl sites for hydroxylation is 1. The van der Waals surface area contributed by atoms with Crippen LogP contribution in [0.3, 0.4) is 0 Å². The first-order chi connectivity index (χ1) is 7.29. The molecule has 2 rings (SSSR count). The zero-order chi connectivity index (χ0) is 10.7. The maximum absolute atomic E-state index is 8.15. The van der Waals surface area contributed by atoms with Gasteiger partial charge in [-0.2, -0.15) is 0 Å². The monoisotopic (exact) mass is 203 g/mol. The number of amidine groups is 1. The fraction of sp³-hybridized carbons (Fsp3) is 0.500. The number of hydrogen-bond acceptors (Lipinski definition) is 2. The molecule has 0 amide bonds. The number of likely N-dealkylation sites (tertiary alicyclic amines) is 1. The molecule has 3 nitrogen and oxygen atoms in total. The highest BCUT2D eigenvalue weighted by Crippen LogP contribution is 2.14. The van der Waals surface area contributed by atoms with E-state index in [1.54, 1.807) is 12.4 Å². The molecule has 1 fully saturated rings. The average molecular weight is 203 g/mol. The van der Waals surface area contributed by atoms with Crippen LogP contribution in [0, 0.1) is 12.3 Å². The van der Waals surface area contributed by atoms with Crippen molar-refractivity contribution >= 4 is 5.84 Å². The Morgan fingerprint density at radius 3 is 2.73 bits per heavy atom. The Morgan fingerprint density at radius 1 is 1.33 bits per heavy atom. The molecule has 0 aromatic carbocycles. The number of pyridine rings is 1. The molecule has 0 atom stereocenters. The van der Waals surface area contributed by atoms with Gasteiger partial charge in [-0.05, 0) is 37.8 Å². The van der Waals surface area contributed by atoms with E-state index in [9.17, 15) is 0 Å². The molecule has 1 aliphatic heterocycles. The summed E-state index contributed by atoms with van der Waals surface area (Å²) in [5.74, 6) is 0.639. The Kier molecular flexibility index (Phi) is 2.99. The third-order valence-corrected chi connectivity index (χ3v) is 2.97. The molecule has 1 N–H and O–H groups in total. The van der Waals surface area contributed by atoms with Crippen LogP contribution in [0.1, 0.15) is 30.4 Å². The smallest absolute Gasteiger partial charge is 0.129 e. The Bertz CT molecular complexity index is 354. The minimum Gasteiger partial charge on any atom is -0.357 e. The van der Waals surface area contributed by atoms with Gasteiger partial charge in [0.05, 0.1) is 0 Å². The lowest BCUT2D eigenvalue weighted by Crippen LogP contribution is -2.36. The van der Waals surface area contributed by atoms with Gasteiger partial charge in [-0.25, -0.2) is 0 Å².